The van der Waals surface area contributed by atoms with E-state index in [0.29, 0.717) is 6.54 Å². The zero-order chi connectivity index (χ0) is 19.7. The molecule has 1 unspecified atom stereocenters. The second-order valence-electron chi connectivity index (χ2n) is 7.79. The lowest BCUT2D eigenvalue weighted by molar-refractivity contribution is -0.139. The van der Waals surface area contributed by atoms with E-state index < -0.39 is 5.97 Å². The van der Waals surface area contributed by atoms with E-state index in [-0.39, 0.29) is 30.7 Å². The molecule has 2 N–H and O–H groups in total. The highest BCUT2D eigenvalue weighted by atomic mass is 16.4. The Morgan fingerprint density at radius 2 is 2.04 bits per heavy atom. The fourth-order valence-electron chi connectivity index (χ4n) is 4.52. The van der Waals surface area contributed by atoms with Gasteiger partial charge in [-0.1, -0.05) is 6.92 Å². The molecular formula is C19H31N5O3. The summed E-state index contributed by atoms with van der Waals surface area (Å²) >= 11 is 0. The molecule has 2 amide bonds. The summed E-state index contributed by atoms with van der Waals surface area (Å²) < 4.78 is 1.89. The Bertz CT molecular complexity index is 710. The van der Waals surface area contributed by atoms with Crippen LogP contribution < -0.4 is 5.32 Å². The number of nitrogens with zero attached hydrogens (tertiary/aromatic N) is 4. The van der Waals surface area contributed by atoms with Crippen LogP contribution in [-0.4, -0.2) is 68.4 Å². The summed E-state index contributed by atoms with van der Waals surface area (Å²) in [4.78, 5) is 27.7. The van der Waals surface area contributed by atoms with E-state index in [4.69, 9.17) is 5.11 Å². The van der Waals surface area contributed by atoms with Gasteiger partial charge in [-0.3, -0.25) is 14.4 Å². The van der Waals surface area contributed by atoms with Crippen molar-refractivity contribution in [1.29, 1.82) is 0 Å². The van der Waals surface area contributed by atoms with Crippen LogP contribution in [0.4, 0.5) is 4.79 Å². The fraction of sp³-hybridized carbons (Fsp3) is 0.737. The highest BCUT2D eigenvalue weighted by molar-refractivity contribution is 5.75. The molecule has 0 spiro atoms. The first-order valence-corrected chi connectivity index (χ1v) is 9.84. The molecule has 150 valence electrons. The number of likely N-dealkylation sites (N-methyl/N-ethyl adjacent to an activating group) is 1. The van der Waals surface area contributed by atoms with E-state index in [0.717, 1.165) is 43.6 Å². The summed E-state index contributed by atoms with van der Waals surface area (Å²) in [6.45, 7) is 7.58. The molecule has 0 radical (unpaired) electrons. The minimum atomic E-state index is -0.800. The lowest BCUT2D eigenvalue weighted by Gasteiger charge is -2.43. The average molecular weight is 377 g/mol. The van der Waals surface area contributed by atoms with Crippen molar-refractivity contribution in [3.63, 3.8) is 0 Å². The number of urea groups is 1. The number of carboxylic acid groups (broad SMARTS) is 1. The summed E-state index contributed by atoms with van der Waals surface area (Å²) in [7, 11) is 1.94. The molecule has 0 aromatic carbocycles. The molecule has 3 rings (SSSR count). The Balaban J connectivity index is 1.58. The van der Waals surface area contributed by atoms with Gasteiger partial charge in [-0.15, -0.1) is 0 Å². The summed E-state index contributed by atoms with van der Waals surface area (Å²) in [5, 5.41) is 16.7. The van der Waals surface area contributed by atoms with E-state index in [1.54, 1.807) is 0 Å². The van der Waals surface area contributed by atoms with E-state index in [2.05, 4.69) is 17.3 Å². The Labute approximate surface area is 160 Å². The van der Waals surface area contributed by atoms with E-state index >= 15 is 0 Å². The van der Waals surface area contributed by atoms with Crippen molar-refractivity contribution in [2.75, 3.05) is 19.6 Å². The minimum absolute atomic E-state index is 0.00936. The number of carboxylic acids is 1. The van der Waals surface area contributed by atoms with Crippen LogP contribution in [0, 0.1) is 13.8 Å². The van der Waals surface area contributed by atoms with Crippen LogP contribution in [0.2, 0.25) is 0 Å². The number of aromatic nitrogens is 2. The first-order valence-electron chi connectivity index (χ1n) is 9.84. The number of nitrogens with one attached hydrogen (secondary N) is 1. The van der Waals surface area contributed by atoms with Crippen LogP contribution in [0.1, 0.15) is 55.6 Å². The number of aliphatic carboxylic acids is 1. The Morgan fingerprint density at radius 3 is 2.59 bits per heavy atom. The van der Waals surface area contributed by atoms with Crippen molar-refractivity contribution in [2.24, 2.45) is 7.05 Å². The van der Waals surface area contributed by atoms with Gasteiger partial charge in [-0.25, -0.2) is 4.79 Å². The highest BCUT2D eigenvalue weighted by Crippen LogP contribution is 2.36. The standard InChI is InChI=1S/C19H31N5O3/c1-5-23(11-17(25)26)15-9-14(10-15)20-19(27)24-8-6-7-16(24)18-12(2)21-22(4)13(18)3/h14-16H,5-11H2,1-4H3,(H,20,27)(H,25,26). The lowest BCUT2D eigenvalue weighted by atomic mass is 9.85. The molecule has 1 aromatic rings. The van der Waals surface area contributed by atoms with E-state index in [9.17, 15) is 9.59 Å². The molecule has 27 heavy (non-hydrogen) atoms. The molecule has 1 atom stereocenters. The van der Waals surface area contributed by atoms with Crippen LogP contribution in [0.15, 0.2) is 0 Å². The quantitative estimate of drug-likeness (QED) is 0.789. The van der Waals surface area contributed by atoms with Gasteiger partial charge in [0.25, 0.3) is 0 Å². The molecule has 1 aliphatic carbocycles. The molecule has 2 fully saturated rings. The molecule has 8 nitrogen and oxygen atoms in total. The van der Waals surface area contributed by atoms with Crippen LogP contribution in [0.3, 0.4) is 0 Å². The predicted molar refractivity (Wildman–Crippen MR) is 102 cm³/mol. The Morgan fingerprint density at radius 1 is 1.33 bits per heavy atom. The maximum Gasteiger partial charge on any atom is 0.318 e. The van der Waals surface area contributed by atoms with Gasteiger partial charge in [-0.05, 0) is 46.1 Å². The first-order chi connectivity index (χ1) is 12.8. The van der Waals surface area contributed by atoms with Gasteiger partial charge in [0.05, 0.1) is 18.3 Å². The Kier molecular flexibility index (Phi) is 5.74. The molecule has 1 aromatic heterocycles. The van der Waals surface area contributed by atoms with Gasteiger partial charge in [0, 0.05) is 36.9 Å². The second-order valence-corrected chi connectivity index (χ2v) is 7.79. The first kappa shape index (κ1) is 19.7. The molecule has 8 heteroatoms. The van der Waals surface area contributed by atoms with Crippen molar-refractivity contribution in [3.8, 4) is 0 Å². The van der Waals surface area contributed by atoms with E-state index in [1.807, 2.05) is 35.4 Å². The van der Waals surface area contributed by atoms with Crippen molar-refractivity contribution in [2.45, 2.75) is 64.6 Å². The van der Waals surface area contributed by atoms with Gasteiger partial charge in [0.2, 0.25) is 0 Å². The maximum absolute atomic E-state index is 12.9. The number of likely N-dealkylation sites (tertiary alicyclic amines) is 1. The number of hydrogen-bond donors (Lipinski definition) is 2. The SMILES string of the molecule is CCN(CC(=O)O)C1CC(NC(=O)N2CCCC2c2c(C)nn(C)c2C)C1. The number of hydrogen-bond acceptors (Lipinski definition) is 4. The third kappa shape index (κ3) is 3.95. The lowest BCUT2D eigenvalue weighted by Crippen LogP contribution is -2.56. The number of carbonyl (C=O) groups is 2. The number of aryl methyl sites for hydroxylation is 2. The molecule has 0 bridgehead atoms. The number of carbonyl (C=O) groups excluding carboxylic acids is 1. The van der Waals surface area contributed by atoms with Gasteiger partial charge < -0.3 is 15.3 Å². The smallest absolute Gasteiger partial charge is 0.318 e. The van der Waals surface area contributed by atoms with Gasteiger partial charge in [-0.2, -0.15) is 5.10 Å². The van der Waals surface area contributed by atoms with Crippen molar-refractivity contribution in [3.05, 3.63) is 17.0 Å². The van der Waals surface area contributed by atoms with Gasteiger partial charge in [0.15, 0.2) is 0 Å². The summed E-state index contributed by atoms with van der Waals surface area (Å²) in [6, 6.07) is 0.454. The molecular weight excluding hydrogens is 346 g/mol. The second kappa shape index (κ2) is 7.88. The van der Waals surface area contributed by atoms with Crippen molar-refractivity contribution < 1.29 is 14.7 Å². The van der Waals surface area contributed by atoms with Crippen molar-refractivity contribution >= 4 is 12.0 Å². The Hall–Kier alpha value is -2.09. The summed E-state index contributed by atoms with van der Waals surface area (Å²) in [6.07, 6.45) is 3.60. The van der Waals surface area contributed by atoms with Crippen LogP contribution in [-0.2, 0) is 11.8 Å². The monoisotopic (exact) mass is 377 g/mol. The molecule has 2 aliphatic rings. The molecule has 1 aliphatic heterocycles. The van der Waals surface area contributed by atoms with E-state index in [1.165, 1.54) is 5.56 Å². The fourth-order valence-corrected chi connectivity index (χ4v) is 4.52. The molecule has 1 saturated carbocycles. The molecule has 1 saturated heterocycles. The van der Waals surface area contributed by atoms with Crippen LogP contribution in [0.25, 0.3) is 0 Å². The largest absolute Gasteiger partial charge is 0.480 e. The zero-order valence-electron chi connectivity index (χ0n) is 16.7. The summed E-state index contributed by atoms with van der Waals surface area (Å²) in [5.41, 5.74) is 3.29. The molecule has 2 heterocycles. The van der Waals surface area contributed by atoms with Crippen LogP contribution in [0.5, 0.6) is 0 Å². The normalized spacial score (nSPS) is 24.9. The predicted octanol–water partition coefficient (Wildman–Crippen LogP) is 1.82. The third-order valence-electron chi connectivity index (χ3n) is 6.11. The van der Waals surface area contributed by atoms with Crippen LogP contribution >= 0.6 is 0 Å². The third-order valence-corrected chi connectivity index (χ3v) is 6.11. The number of rotatable bonds is 6. The average Bonchev–Trinajstić information content (AvgIpc) is 3.13. The van der Waals surface area contributed by atoms with Gasteiger partial charge in [0.1, 0.15) is 0 Å². The minimum Gasteiger partial charge on any atom is -0.480 e. The zero-order valence-corrected chi connectivity index (χ0v) is 16.7. The number of amides is 2. The van der Waals surface area contributed by atoms with Crippen molar-refractivity contribution in [1.82, 2.24) is 24.9 Å². The van der Waals surface area contributed by atoms with Gasteiger partial charge >= 0.3 is 12.0 Å². The topological polar surface area (TPSA) is 90.7 Å². The highest BCUT2D eigenvalue weighted by Gasteiger charge is 2.38. The summed E-state index contributed by atoms with van der Waals surface area (Å²) in [5.74, 6) is -0.800. The maximum atomic E-state index is 12.9.